The topological polar surface area (TPSA) is 91.6 Å². The number of amides is 1. The lowest BCUT2D eigenvalue weighted by Crippen LogP contribution is -2.48. The third-order valence-electron chi connectivity index (χ3n) is 4.91. The minimum Gasteiger partial charge on any atom is -0.301 e. The van der Waals surface area contributed by atoms with Crippen molar-refractivity contribution in [3.63, 3.8) is 0 Å². The smallest absolute Gasteiger partial charge is 0.270 e. The molecule has 0 spiro atoms. The first-order chi connectivity index (χ1) is 14.1. The SMILES string of the molecule is O=C(CN1CCN(Cc2ccccc2)CC1)Nc1nc2ccc([N+](=O)[O-])cc2s1. The zero-order valence-corrected chi connectivity index (χ0v) is 16.6. The summed E-state index contributed by atoms with van der Waals surface area (Å²) in [7, 11) is 0. The van der Waals surface area contributed by atoms with Crippen molar-refractivity contribution >= 4 is 38.3 Å². The zero-order valence-electron chi connectivity index (χ0n) is 15.8. The fraction of sp³-hybridized carbons (Fsp3) is 0.300. The van der Waals surface area contributed by atoms with E-state index in [2.05, 4.69) is 44.4 Å². The van der Waals surface area contributed by atoms with Gasteiger partial charge in [0.1, 0.15) is 0 Å². The fourth-order valence-corrected chi connectivity index (χ4v) is 4.30. The molecule has 0 unspecified atom stereocenters. The zero-order chi connectivity index (χ0) is 20.2. The van der Waals surface area contributed by atoms with Gasteiger partial charge < -0.3 is 5.32 Å². The molecule has 4 rings (SSSR count). The number of hydrogen-bond acceptors (Lipinski definition) is 7. The summed E-state index contributed by atoms with van der Waals surface area (Å²) in [6.45, 7) is 4.77. The predicted molar refractivity (Wildman–Crippen MR) is 113 cm³/mol. The highest BCUT2D eigenvalue weighted by atomic mass is 32.1. The number of nitrogens with zero attached hydrogens (tertiary/aromatic N) is 4. The number of rotatable bonds is 6. The van der Waals surface area contributed by atoms with Gasteiger partial charge in [0.2, 0.25) is 5.91 Å². The van der Waals surface area contributed by atoms with E-state index in [4.69, 9.17) is 0 Å². The van der Waals surface area contributed by atoms with Crippen molar-refractivity contribution < 1.29 is 9.72 Å². The summed E-state index contributed by atoms with van der Waals surface area (Å²) in [5.41, 5.74) is 1.97. The number of carbonyl (C=O) groups is 1. The van der Waals surface area contributed by atoms with Crippen molar-refractivity contribution in [3.05, 3.63) is 64.2 Å². The minimum absolute atomic E-state index is 0.0207. The first-order valence-electron chi connectivity index (χ1n) is 9.40. The molecule has 2 aromatic carbocycles. The van der Waals surface area contributed by atoms with E-state index >= 15 is 0 Å². The Morgan fingerprint density at radius 3 is 2.55 bits per heavy atom. The molecular weight excluding hydrogens is 390 g/mol. The van der Waals surface area contributed by atoms with Crippen molar-refractivity contribution in [1.29, 1.82) is 0 Å². The minimum atomic E-state index is -0.436. The maximum atomic E-state index is 12.4. The molecule has 0 radical (unpaired) electrons. The van der Waals surface area contributed by atoms with Crippen LogP contribution in [-0.2, 0) is 11.3 Å². The largest absolute Gasteiger partial charge is 0.301 e. The van der Waals surface area contributed by atoms with E-state index in [0.29, 0.717) is 21.9 Å². The monoisotopic (exact) mass is 411 g/mol. The molecule has 1 aliphatic heterocycles. The molecule has 0 bridgehead atoms. The van der Waals surface area contributed by atoms with Gasteiger partial charge in [0, 0.05) is 44.9 Å². The summed E-state index contributed by atoms with van der Waals surface area (Å²) in [5.74, 6) is -0.116. The number of carbonyl (C=O) groups excluding carboxylic acids is 1. The number of fused-ring (bicyclic) bond motifs is 1. The molecule has 9 heteroatoms. The van der Waals surface area contributed by atoms with E-state index in [9.17, 15) is 14.9 Å². The summed E-state index contributed by atoms with van der Waals surface area (Å²) in [6.07, 6.45) is 0. The Hall–Kier alpha value is -2.88. The molecule has 150 valence electrons. The van der Waals surface area contributed by atoms with Crippen LogP contribution in [0.25, 0.3) is 10.2 Å². The van der Waals surface area contributed by atoms with Crippen molar-refractivity contribution in [2.45, 2.75) is 6.54 Å². The highest BCUT2D eigenvalue weighted by molar-refractivity contribution is 7.22. The Balaban J connectivity index is 1.28. The Bertz CT molecular complexity index is 1020. The first kappa shape index (κ1) is 19.4. The van der Waals surface area contributed by atoms with Crippen molar-refractivity contribution in [1.82, 2.24) is 14.8 Å². The van der Waals surface area contributed by atoms with Gasteiger partial charge >= 0.3 is 0 Å². The second-order valence-electron chi connectivity index (χ2n) is 7.01. The number of nitro benzene ring substituents is 1. The molecule has 0 aliphatic carbocycles. The summed E-state index contributed by atoms with van der Waals surface area (Å²) in [4.78, 5) is 31.7. The number of benzene rings is 2. The number of hydrogen-bond donors (Lipinski definition) is 1. The Labute approximate surface area is 171 Å². The Kier molecular flexibility index (Phi) is 5.79. The van der Waals surface area contributed by atoms with Gasteiger partial charge in [0.15, 0.2) is 5.13 Å². The van der Waals surface area contributed by atoms with Crippen molar-refractivity contribution in [3.8, 4) is 0 Å². The van der Waals surface area contributed by atoms with Gasteiger partial charge in [-0.2, -0.15) is 0 Å². The number of piperazine rings is 1. The second-order valence-corrected chi connectivity index (χ2v) is 8.04. The molecule has 1 N–H and O–H groups in total. The van der Waals surface area contributed by atoms with Crippen LogP contribution in [0.15, 0.2) is 48.5 Å². The maximum Gasteiger partial charge on any atom is 0.270 e. The Morgan fingerprint density at radius 1 is 1.10 bits per heavy atom. The van der Waals surface area contributed by atoms with E-state index in [-0.39, 0.29) is 11.6 Å². The quantitative estimate of drug-likeness (QED) is 0.495. The molecule has 1 fully saturated rings. The van der Waals surface area contributed by atoms with Crippen LogP contribution in [0, 0.1) is 10.1 Å². The van der Waals surface area contributed by atoms with E-state index in [1.165, 1.54) is 29.0 Å². The molecule has 1 aromatic heterocycles. The third-order valence-corrected chi connectivity index (χ3v) is 5.84. The molecule has 29 heavy (non-hydrogen) atoms. The van der Waals surface area contributed by atoms with Crippen LogP contribution >= 0.6 is 11.3 Å². The Morgan fingerprint density at radius 2 is 1.83 bits per heavy atom. The molecule has 0 atom stereocenters. The summed E-state index contributed by atoms with van der Waals surface area (Å²) in [6, 6.07) is 14.9. The van der Waals surface area contributed by atoms with E-state index in [1.807, 2.05) is 6.07 Å². The number of nitro groups is 1. The van der Waals surface area contributed by atoms with Crippen LogP contribution in [0.5, 0.6) is 0 Å². The first-order valence-corrected chi connectivity index (χ1v) is 10.2. The second kappa shape index (κ2) is 8.64. The van der Waals surface area contributed by atoms with Gasteiger partial charge in [-0.25, -0.2) is 4.98 Å². The van der Waals surface area contributed by atoms with Gasteiger partial charge in [-0.05, 0) is 11.6 Å². The lowest BCUT2D eigenvalue weighted by molar-refractivity contribution is -0.384. The molecular formula is C20H21N5O3S. The number of nitrogens with one attached hydrogen (secondary N) is 1. The summed E-state index contributed by atoms with van der Waals surface area (Å²) >= 11 is 1.25. The van der Waals surface area contributed by atoms with Crippen LogP contribution in [0.4, 0.5) is 10.8 Å². The average molecular weight is 411 g/mol. The number of aromatic nitrogens is 1. The maximum absolute atomic E-state index is 12.4. The van der Waals surface area contributed by atoms with E-state index in [1.54, 1.807) is 6.07 Å². The predicted octanol–water partition coefficient (Wildman–Crippen LogP) is 2.96. The lowest BCUT2D eigenvalue weighted by Gasteiger charge is -2.34. The van der Waals surface area contributed by atoms with E-state index < -0.39 is 4.92 Å². The van der Waals surface area contributed by atoms with E-state index in [0.717, 1.165) is 32.7 Å². The summed E-state index contributed by atoms with van der Waals surface area (Å²) in [5, 5.41) is 14.2. The lowest BCUT2D eigenvalue weighted by atomic mass is 10.2. The average Bonchev–Trinajstić information content (AvgIpc) is 3.11. The molecule has 3 aromatic rings. The highest BCUT2D eigenvalue weighted by Gasteiger charge is 2.20. The molecule has 1 saturated heterocycles. The van der Waals surface area contributed by atoms with Gasteiger partial charge in [-0.3, -0.25) is 24.7 Å². The van der Waals surface area contributed by atoms with Crippen LogP contribution in [0.2, 0.25) is 0 Å². The van der Waals surface area contributed by atoms with Gasteiger partial charge in [0.25, 0.3) is 5.69 Å². The van der Waals surface area contributed by atoms with Crippen molar-refractivity contribution in [2.24, 2.45) is 0 Å². The fourth-order valence-electron chi connectivity index (χ4n) is 3.39. The molecule has 1 aliphatic rings. The van der Waals surface area contributed by atoms with Gasteiger partial charge in [0.05, 0.1) is 21.7 Å². The van der Waals surface area contributed by atoms with Crippen LogP contribution in [0.3, 0.4) is 0 Å². The number of anilines is 1. The van der Waals surface area contributed by atoms with Crippen LogP contribution < -0.4 is 5.32 Å². The van der Waals surface area contributed by atoms with Crippen LogP contribution in [-0.4, -0.2) is 58.3 Å². The molecule has 0 saturated carbocycles. The number of thiazole rings is 1. The summed E-state index contributed by atoms with van der Waals surface area (Å²) < 4.78 is 0.684. The van der Waals surface area contributed by atoms with Crippen molar-refractivity contribution in [2.75, 3.05) is 38.0 Å². The molecule has 8 nitrogen and oxygen atoms in total. The molecule has 2 heterocycles. The highest BCUT2D eigenvalue weighted by Crippen LogP contribution is 2.29. The van der Waals surface area contributed by atoms with Gasteiger partial charge in [-0.15, -0.1) is 0 Å². The van der Waals surface area contributed by atoms with Gasteiger partial charge in [-0.1, -0.05) is 41.7 Å². The standard InChI is InChI=1S/C20H21N5O3S/c26-19(22-20-21-17-7-6-16(25(27)28)12-18(17)29-20)14-24-10-8-23(9-11-24)13-15-4-2-1-3-5-15/h1-7,12H,8-11,13-14H2,(H,21,22,26). The normalized spacial score (nSPS) is 15.4. The number of non-ortho nitro benzene ring substituents is 1. The third kappa shape index (κ3) is 4.94. The van der Waals surface area contributed by atoms with Crippen LogP contribution in [0.1, 0.15) is 5.56 Å². The molecule has 1 amide bonds.